The first-order valence-corrected chi connectivity index (χ1v) is 8.88. The Morgan fingerprint density at radius 1 is 1.38 bits per heavy atom. The van der Waals surface area contributed by atoms with E-state index in [1.165, 1.54) is 0 Å². The zero-order valence-corrected chi connectivity index (χ0v) is 13.4. The zero-order chi connectivity index (χ0) is 12.3. The SMILES string of the molecule is C[Si](C)C(C)(C)COc1cc(Br)ccc1Cl. The van der Waals surface area contributed by atoms with E-state index in [0.29, 0.717) is 11.6 Å². The maximum absolute atomic E-state index is 6.07. The minimum atomic E-state index is -0.383. The first-order chi connectivity index (χ1) is 7.33. The predicted octanol–water partition coefficient (Wildman–Crippen LogP) is 5.02. The molecule has 4 heteroatoms. The van der Waals surface area contributed by atoms with Crippen molar-refractivity contribution in [2.75, 3.05) is 6.61 Å². The van der Waals surface area contributed by atoms with Crippen LogP contribution in [0.4, 0.5) is 0 Å². The molecular weight excluding hydrogens is 304 g/mol. The maximum Gasteiger partial charge on any atom is 0.139 e. The Morgan fingerprint density at radius 2 is 2.00 bits per heavy atom. The second-order valence-electron chi connectivity index (χ2n) is 4.75. The van der Waals surface area contributed by atoms with Crippen LogP contribution in [0.15, 0.2) is 22.7 Å². The van der Waals surface area contributed by atoms with E-state index in [2.05, 4.69) is 42.9 Å². The topological polar surface area (TPSA) is 9.23 Å². The number of ether oxygens (including phenoxy) is 1. The van der Waals surface area contributed by atoms with Gasteiger partial charge >= 0.3 is 0 Å². The van der Waals surface area contributed by atoms with Crippen molar-refractivity contribution in [3.63, 3.8) is 0 Å². The van der Waals surface area contributed by atoms with Crippen molar-refractivity contribution in [1.82, 2.24) is 0 Å². The van der Waals surface area contributed by atoms with Crippen LogP contribution in [0.1, 0.15) is 13.8 Å². The Bertz CT molecular complexity index is 366. The molecule has 0 spiro atoms. The fraction of sp³-hybridized carbons (Fsp3) is 0.500. The molecular formula is C12H17BrClOSi. The highest BCUT2D eigenvalue weighted by Crippen LogP contribution is 2.33. The van der Waals surface area contributed by atoms with Gasteiger partial charge in [-0.05, 0) is 23.2 Å². The van der Waals surface area contributed by atoms with Crippen molar-refractivity contribution in [3.8, 4) is 5.75 Å². The van der Waals surface area contributed by atoms with Gasteiger partial charge in [0.25, 0.3) is 0 Å². The molecule has 0 N–H and O–H groups in total. The molecule has 0 atom stereocenters. The Hall–Kier alpha value is 0.00688. The highest BCUT2D eigenvalue weighted by Gasteiger charge is 2.24. The van der Waals surface area contributed by atoms with Crippen LogP contribution in [-0.2, 0) is 0 Å². The summed E-state index contributed by atoms with van der Waals surface area (Å²) >= 11 is 9.48. The van der Waals surface area contributed by atoms with Gasteiger partial charge in [0.1, 0.15) is 5.75 Å². The summed E-state index contributed by atoms with van der Waals surface area (Å²) in [5.41, 5.74) is 0. The minimum absolute atomic E-state index is 0.246. The monoisotopic (exact) mass is 319 g/mol. The summed E-state index contributed by atoms with van der Waals surface area (Å²) in [4.78, 5) is 0. The maximum atomic E-state index is 6.07. The third-order valence-electron chi connectivity index (χ3n) is 2.84. The Labute approximate surface area is 113 Å². The summed E-state index contributed by atoms with van der Waals surface area (Å²) in [6.45, 7) is 9.80. The van der Waals surface area contributed by atoms with Crippen LogP contribution in [0.2, 0.25) is 23.2 Å². The van der Waals surface area contributed by atoms with Crippen LogP contribution < -0.4 is 4.74 Å². The molecule has 0 amide bonds. The van der Waals surface area contributed by atoms with E-state index in [1.54, 1.807) is 0 Å². The molecule has 1 aromatic carbocycles. The standard InChI is InChI=1S/C12H17BrClOSi/c1-12(2,16(3)4)8-15-11-7-9(13)5-6-10(11)14/h5-7H,8H2,1-4H3. The summed E-state index contributed by atoms with van der Waals surface area (Å²) in [6.07, 6.45) is 0. The van der Waals surface area contributed by atoms with E-state index in [-0.39, 0.29) is 13.8 Å². The molecule has 0 aliphatic heterocycles. The number of rotatable bonds is 4. The van der Waals surface area contributed by atoms with E-state index < -0.39 is 0 Å². The third kappa shape index (κ3) is 3.79. The van der Waals surface area contributed by atoms with Gasteiger partial charge in [-0.2, -0.15) is 0 Å². The second-order valence-corrected chi connectivity index (χ2v) is 9.42. The Kier molecular flexibility index (Phi) is 4.89. The minimum Gasteiger partial charge on any atom is -0.492 e. The second kappa shape index (κ2) is 5.56. The molecule has 0 bridgehead atoms. The van der Waals surface area contributed by atoms with Crippen LogP contribution in [0, 0.1) is 0 Å². The summed E-state index contributed by atoms with van der Waals surface area (Å²) in [7, 11) is -0.383. The number of benzene rings is 1. The average Bonchev–Trinajstić information content (AvgIpc) is 2.19. The van der Waals surface area contributed by atoms with Gasteiger partial charge in [-0.15, -0.1) is 0 Å². The molecule has 0 saturated heterocycles. The molecule has 0 unspecified atom stereocenters. The van der Waals surface area contributed by atoms with Crippen LogP contribution in [0.5, 0.6) is 5.75 Å². The lowest BCUT2D eigenvalue weighted by atomic mass is 10.2. The average molecular weight is 321 g/mol. The molecule has 1 aromatic rings. The molecule has 1 rings (SSSR count). The first kappa shape index (κ1) is 14.1. The van der Waals surface area contributed by atoms with Gasteiger partial charge in [-0.1, -0.05) is 54.5 Å². The smallest absolute Gasteiger partial charge is 0.139 e. The van der Waals surface area contributed by atoms with E-state index >= 15 is 0 Å². The van der Waals surface area contributed by atoms with Crippen LogP contribution in [0.25, 0.3) is 0 Å². The Balaban J connectivity index is 2.71. The highest BCUT2D eigenvalue weighted by atomic mass is 79.9. The normalized spacial score (nSPS) is 11.9. The van der Waals surface area contributed by atoms with Crippen molar-refractivity contribution in [1.29, 1.82) is 0 Å². The van der Waals surface area contributed by atoms with Gasteiger partial charge in [-0.25, -0.2) is 0 Å². The van der Waals surface area contributed by atoms with Crippen molar-refractivity contribution >= 4 is 36.3 Å². The van der Waals surface area contributed by atoms with Crippen molar-refractivity contribution in [3.05, 3.63) is 27.7 Å². The van der Waals surface area contributed by atoms with Crippen LogP contribution in [-0.4, -0.2) is 15.4 Å². The molecule has 0 fully saturated rings. The van der Waals surface area contributed by atoms with Crippen molar-refractivity contribution in [2.24, 2.45) is 0 Å². The summed E-state index contributed by atoms with van der Waals surface area (Å²) in [5.74, 6) is 0.757. The van der Waals surface area contributed by atoms with Crippen LogP contribution >= 0.6 is 27.5 Å². The quantitative estimate of drug-likeness (QED) is 0.708. The summed E-state index contributed by atoms with van der Waals surface area (Å²) in [5, 5.41) is 0.913. The van der Waals surface area contributed by atoms with Gasteiger partial charge in [-0.3, -0.25) is 0 Å². The summed E-state index contributed by atoms with van der Waals surface area (Å²) < 4.78 is 6.80. The van der Waals surface area contributed by atoms with E-state index in [1.807, 2.05) is 18.2 Å². The van der Waals surface area contributed by atoms with E-state index in [9.17, 15) is 0 Å². The van der Waals surface area contributed by atoms with Gasteiger partial charge in [0, 0.05) is 4.47 Å². The number of hydrogen-bond donors (Lipinski definition) is 0. The van der Waals surface area contributed by atoms with E-state index in [4.69, 9.17) is 16.3 Å². The molecule has 16 heavy (non-hydrogen) atoms. The summed E-state index contributed by atoms with van der Waals surface area (Å²) in [6, 6.07) is 5.67. The van der Waals surface area contributed by atoms with Gasteiger partial charge in [0.15, 0.2) is 0 Å². The molecule has 1 nitrogen and oxygen atoms in total. The van der Waals surface area contributed by atoms with E-state index in [0.717, 1.165) is 10.2 Å². The van der Waals surface area contributed by atoms with Gasteiger partial charge < -0.3 is 4.74 Å². The molecule has 89 valence electrons. The fourth-order valence-electron chi connectivity index (χ4n) is 0.990. The molecule has 0 saturated carbocycles. The first-order valence-electron chi connectivity index (χ1n) is 5.21. The van der Waals surface area contributed by atoms with Crippen molar-refractivity contribution in [2.45, 2.75) is 32.0 Å². The largest absolute Gasteiger partial charge is 0.492 e. The zero-order valence-electron chi connectivity index (χ0n) is 10.1. The predicted molar refractivity (Wildman–Crippen MR) is 76.2 cm³/mol. The van der Waals surface area contributed by atoms with Crippen molar-refractivity contribution < 1.29 is 4.74 Å². The number of halogens is 2. The lowest BCUT2D eigenvalue weighted by Crippen LogP contribution is -2.27. The van der Waals surface area contributed by atoms with Gasteiger partial charge in [0.05, 0.1) is 20.4 Å². The molecule has 0 aliphatic rings. The van der Waals surface area contributed by atoms with Gasteiger partial charge in [0.2, 0.25) is 0 Å². The highest BCUT2D eigenvalue weighted by molar-refractivity contribution is 9.10. The lowest BCUT2D eigenvalue weighted by molar-refractivity contribution is 0.276. The molecule has 0 aliphatic carbocycles. The Morgan fingerprint density at radius 3 is 2.56 bits per heavy atom. The fourth-order valence-corrected chi connectivity index (χ4v) is 1.86. The third-order valence-corrected chi connectivity index (χ3v) is 6.49. The molecule has 1 radical (unpaired) electrons. The lowest BCUT2D eigenvalue weighted by Gasteiger charge is -2.28. The molecule has 0 heterocycles. The number of hydrogen-bond acceptors (Lipinski definition) is 1. The van der Waals surface area contributed by atoms with Crippen LogP contribution in [0.3, 0.4) is 0 Å². The molecule has 0 aromatic heterocycles.